The van der Waals surface area contributed by atoms with Crippen LogP contribution < -0.4 is 10.6 Å². The maximum Gasteiger partial charge on any atom is 0.407 e. The first-order valence-electron chi connectivity index (χ1n) is 7.51. The Labute approximate surface area is 140 Å². The minimum atomic E-state index is -0.466. The fourth-order valence-corrected chi connectivity index (χ4v) is 1.94. The molecule has 0 aromatic heterocycles. The third kappa shape index (κ3) is 6.00. The average molecular weight is 328 g/mol. The molecule has 0 aliphatic rings. The summed E-state index contributed by atoms with van der Waals surface area (Å²) in [5, 5.41) is 5.63. The molecular formula is C18H20N2O4. The molecule has 0 atom stereocenters. The Kier molecular flexibility index (Phi) is 6.64. The number of esters is 1. The molecule has 0 radical (unpaired) electrons. The number of carbonyl (C=O) groups excluding carboxylic acids is 2. The van der Waals surface area contributed by atoms with Crippen LogP contribution in [0.5, 0.6) is 0 Å². The second-order valence-corrected chi connectivity index (χ2v) is 5.04. The van der Waals surface area contributed by atoms with Crippen LogP contribution in [0.4, 0.5) is 10.5 Å². The van der Waals surface area contributed by atoms with E-state index in [1.807, 2.05) is 54.6 Å². The fourth-order valence-electron chi connectivity index (χ4n) is 1.94. The van der Waals surface area contributed by atoms with Gasteiger partial charge in [0.2, 0.25) is 0 Å². The Morgan fingerprint density at radius 3 is 2.33 bits per heavy atom. The van der Waals surface area contributed by atoms with Gasteiger partial charge in [0.1, 0.15) is 13.2 Å². The number of hydrogen-bond donors (Lipinski definition) is 2. The summed E-state index contributed by atoms with van der Waals surface area (Å²) in [6, 6.07) is 16.9. The number of benzene rings is 2. The lowest BCUT2D eigenvalue weighted by Crippen LogP contribution is -2.23. The molecule has 2 rings (SSSR count). The number of anilines is 1. The zero-order valence-corrected chi connectivity index (χ0v) is 13.5. The first-order valence-corrected chi connectivity index (χ1v) is 7.51. The Morgan fingerprint density at radius 1 is 0.958 bits per heavy atom. The van der Waals surface area contributed by atoms with E-state index in [0.29, 0.717) is 6.54 Å². The maximum absolute atomic E-state index is 11.7. The summed E-state index contributed by atoms with van der Waals surface area (Å²) >= 11 is 0. The molecule has 0 bridgehead atoms. The van der Waals surface area contributed by atoms with Crippen molar-refractivity contribution in [1.29, 1.82) is 0 Å². The van der Waals surface area contributed by atoms with Crippen molar-refractivity contribution in [2.45, 2.75) is 13.2 Å². The molecule has 126 valence electrons. The Morgan fingerprint density at radius 2 is 1.67 bits per heavy atom. The zero-order chi connectivity index (χ0) is 17.2. The first-order chi connectivity index (χ1) is 11.7. The second kappa shape index (κ2) is 9.19. The summed E-state index contributed by atoms with van der Waals surface area (Å²) in [6.07, 6.45) is -0.466. The SMILES string of the molecule is COC(=O)CNc1ccc(CNC(=O)OCc2ccccc2)cc1. The van der Waals surface area contributed by atoms with Gasteiger partial charge in [-0.2, -0.15) is 0 Å². The van der Waals surface area contributed by atoms with Crippen LogP contribution in [0.15, 0.2) is 54.6 Å². The van der Waals surface area contributed by atoms with Crippen LogP contribution in [0.2, 0.25) is 0 Å². The van der Waals surface area contributed by atoms with Gasteiger partial charge in [0.05, 0.1) is 7.11 Å². The quantitative estimate of drug-likeness (QED) is 0.764. The van der Waals surface area contributed by atoms with Gasteiger partial charge in [0.25, 0.3) is 0 Å². The van der Waals surface area contributed by atoms with E-state index in [4.69, 9.17) is 4.74 Å². The molecule has 1 amide bonds. The van der Waals surface area contributed by atoms with E-state index in [9.17, 15) is 9.59 Å². The maximum atomic E-state index is 11.7. The van der Waals surface area contributed by atoms with Crippen molar-refractivity contribution in [3.63, 3.8) is 0 Å². The number of nitrogens with one attached hydrogen (secondary N) is 2. The number of rotatable bonds is 7. The number of ether oxygens (including phenoxy) is 2. The molecule has 0 fully saturated rings. The van der Waals surface area contributed by atoms with Crippen LogP contribution in [0, 0.1) is 0 Å². The minimum Gasteiger partial charge on any atom is -0.468 e. The van der Waals surface area contributed by atoms with E-state index >= 15 is 0 Å². The average Bonchev–Trinajstić information content (AvgIpc) is 2.64. The van der Waals surface area contributed by atoms with Gasteiger partial charge in [-0.1, -0.05) is 42.5 Å². The molecular weight excluding hydrogens is 308 g/mol. The third-order valence-electron chi connectivity index (χ3n) is 3.27. The van der Waals surface area contributed by atoms with Gasteiger partial charge in [-0.15, -0.1) is 0 Å². The highest BCUT2D eigenvalue weighted by atomic mass is 16.5. The first kappa shape index (κ1) is 17.3. The number of amides is 1. The Bertz CT molecular complexity index is 656. The minimum absolute atomic E-state index is 0.111. The lowest BCUT2D eigenvalue weighted by molar-refractivity contribution is -0.138. The highest BCUT2D eigenvalue weighted by Gasteiger charge is 2.03. The van der Waals surface area contributed by atoms with Gasteiger partial charge in [-0.3, -0.25) is 4.79 Å². The van der Waals surface area contributed by atoms with E-state index in [2.05, 4.69) is 15.4 Å². The van der Waals surface area contributed by atoms with E-state index in [0.717, 1.165) is 16.8 Å². The van der Waals surface area contributed by atoms with Gasteiger partial charge in [-0.05, 0) is 23.3 Å². The van der Waals surface area contributed by atoms with Crippen LogP contribution in [0.25, 0.3) is 0 Å². The molecule has 0 aliphatic heterocycles. The van der Waals surface area contributed by atoms with Crippen molar-refractivity contribution < 1.29 is 19.1 Å². The molecule has 6 heteroatoms. The number of carbonyl (C=O) groups is 2. The van der Waals surface area contributed by atoms with Crippen LogP contribution in [0.3, 0.4) is 0 Å². The monoisotopic (exact) mass is 328 g/mol. The fraction of sp³-hybridized carbons (Fsp3) is 0.222. The predicted molar refractivity (Wildman–Crippen MR) is 90.4 cm³/mol. The second-order valence-electron chi connectivity index (χ2n) is 5.04. The van der Waals surface area contributed by atoms with Crippen molar-refractivity contribution in [1.82, 2.24) is 5.32 Å². The number of methoxy groups -OCH3 is 1. The molecule has 0 saturated heterocycles. The lowest BCUT2D eigenvalue weighted by Gasteiger charge is -2.08. The molecule has 6 nitrogen and oxygen atoms in total. The van der Waals surface area contributed by atoms with Crippen molar-refractivity contribution in [3.05, 3.63) is 65.7 Å². The smallest absolute Gasteiger partial charge is 0.407 e. The summed E-state index contributed by atoms with van der Waals surface area (Å²) in [7, 11) is 1.34. The highest BCUT2D eigenvalue weighted by molar-refractivity contribution is 5.74. The normalized spacial score (nSPS) is 9.88. The van der Waals surface area contributed by atoms with Crippen LogP contribution in [-0.2, 0) is 27.4 Å². The van der Waals surface area contributed by atoms with E-state index in [-0.39, 0.29) is 19.1 Å². The highest BCUT2D eigenvalue weighted by Crippen LogP contribution is 2.09. The lowest BCUT2D eigenvalue weighted by atomic mass is 10.2. The standard InChI is InChI=1S/C18H20N2O4/c1-23-17(21)12-19-16-9-7-14(8-10-16)11-20-18(22)24-13-15-5-3-2-4-6-15/h2-10,19H,11-13H2,1H3,(H,20,22). The summed E-state index contributed by atoms with van der Waals surface area (Å²) in [4.78, 5) is 22.7. The predicted octanol–water partition coefficient (Wildman–Crippen LogP) is 2.70. The molecule has 0 aliphatic carbocycles. The molecule has 2 aromatic rings. The van der Waals surface area contributed by atoms with Gasteiger partial charge in [-0.25, -0.2) is 4.79 Å². The van der Waals surface area contributed by atoms with Crippen LogP contribution in [-0.4, -0.2) is 25.7 Å². The molecule has 2 aromatic carbocycles. The van der Waals surface area contributed by atoms with Crippen molar-refractivity contribution >= 4 is 17.7 Å². The van der Waals surface area contributed by atoms with Crippen molar-refractivity contribution in [2.24, 2.45) is 0 Å². The topological polar surface area (TPSA) is 76.7 Å². The molecule has 2 N–H and O–H groups in total. The van der Waals surface area contributed by atoms with Gasteiger partial charge in [0, 0.05) is 12.2 Å². The van der Waals surface area contributed by atoms with Crippen molar-refractivity contribution in [2.75, 3.05) is 19.0 Å². The summed E-state index contributed by atoms with van der Waals surface area (Å²) in [5.74, 6) is -0.332. The van der Waals surface area contributed by atoms with Crippen LogP contribution in [0.1, 0.15) is 11.1 Å². The van der Waals surface area contributed by atoms with E-state index in [1.165, 1.54) is 7.11 Å². The molecule has 0 heterocycles. The van der Waals surface area contributed by atoms with Crippen LogP contribution >= 0.6 is 0 Å². The molecule has 0 saturated carbocycles. The largest absolute Gasteiger partial charge is 0.468 e. The Balaban J connectivity index is 1.71. The molecule has 0 unspecified atom stereocenters. The Hall–Kier alpha value is -3.02. The summed E-state index contributed by atoms with van der Waals surface area (Å²) < 4.78 is 9.69. The number of hydrogen-bond acceptors (Lipinski definition) is 5. The van der Waals surface area contributed by atoms with Gasteiger partial charge >= 0.3 is 12.1 Å². The van der Waals surface area contributed by atoms with Gasteiger partial charge < -0.3 is 20.1 Å². The molecule has 24 heavy (non-hydrogen) atoms. The molecule has 0 spiro atoms. The number of alkyl carbamates (subject to hydrolysis) is 1. The summed E-state index contributed by atoms with van der Waals surface area (Å²) in [5.41, 5.74) is 2.67. The summed E-state index contributed by atoms with van der Waals surface area (Å²) in [6.45, 7) is 0.716. The zero-order valence-electron chi connectivity index (χ0n) is 13.5. The van der Waals surface area contributed by atoms with E-state index < -0.39 is 6.09 Å². The third-order valence-corrected chi connectivity index (χ3v) is 3.27. The van der Waals surface area contributed by atoms with E-state index in [1.54, 1.807) is 0 Å². The van der Waals surface area contributed by atoms with Crippen molar-refractivity contribution in [3.8, 4) is 0 Å². The van der Waals surface area contributed by atoms with Gasteiger partial charge in [0.15, 0.2) is 0 Å².